The molecule has 1 N–H and O–H groups in total. The van der Waals surface area contributed by atoms with Gasteiger partial charge in [0.2, 0.25) is 0 Å². The fourth-order valence-corrected chi connectivity index (χ4v) is 1.94. The zero-order chi connectivity index (χ0) is 15.4. The van der Waals surface area contributed by atoms with Gasteiger partial charge in [0, 0.05) is 11.8 Å². The third-order valence-corrected chi connectivity index (χ3v) is 3.09. The number of hydrogen-bond donors (Lipinski definition) is 1. The Bertz CT molecular complexity index is 751. The van der Waals surface area contributed by atoms with E-state index in [0.29, 0.717) is 11.3 Å². The first kappa shape index (κ1) is 14.5. The molecule has 7 heteroatoms. The molecule has 0 bridgehead atoms. The smallest absolute Gasteiger partial charge is 0.288 e. The number of nitrogens with one attached hydrogen (secondary N) is 1. The molecule has 0 radical (unpaired) electrons. The molecule has 0 saturated carbocycles. The van der Waals surface area contributed by atoms with E-state index < -0.39 is 10.8 Å². The highest BCUT2D eigenvalue weighted by atomic mass is 35.5. The van der Waals surface area contributed by atoms with Crippen LogP contribution in [0.25, 0.3) is 0 Å². The van der Waals surface area contributed by atoms with Crippen molar-refractivity contribution >= 4 is 28.9 Å². The lowest BCUT2D eigenvalue weighted by Gasteiger charge is -2.07. The second-order valence-electron chi connectivity index (χ2n) is 4.04. The van der Waals surface area contributed by atoms with Crippen molar-refractivity contribution in [3.63, 3.8) is 0 Å². The topological polar surface area (TPSA) is 96.0 Å². The highest BCUT2D eigenvalue weighted by molar-refractivity contribution is 6.36. The van der Waals surface area contributed by atoms with Gasteiger partial charge >= 0.3 is 0 Å². The molecular formula is C14H8ClN3O3. The molecule has 0 saturated heterocycles. The number of nitro benzene ring substituents is 1. The van der Waals surface area contributed by atoms with E-state index in [9.17, 15) is 14.9 Å². The Labute approximate surface area is 124 Å². The van der Waals surface area contributed by atoms with Gasteiger partial charge in [0.25, 0.3) is 11.6 Å². The molecule has 0 aliphatic rings. The highest BCUT2D eigenvalue weighted by Gasteiger charge is 2.19. The van der Waals surface area contributed by atoms with E-state index in [4.69, 9.17) is 16.9 Å². The van der Waals surface area contributed by atoms with Crippen molar-refractivity contribution in [2.45, 2.75) is 0 Å². The Morgan fingerprint density at radius 3 is 2.48 bits per heavy atom. The van der Waals surface area contributed by atoms with Gasteiger partial charge in [-0.2, -0.15) is 5.26 Å². The number of benzene rings is 2. The quantitative estimate of drug-likeness (QED) is 0.694. The van der Waals surface area contributed by atoms with Crippen LogP contribution < -0.4 is 5.32 Å². The average Bonchev–Trinajstić information content (AvgIpc) is 2.47. The lowest BCUT2D eigenvalue weighted by atomic mass is 10.1. The summed E-state index contributed by atoms with van der Waals surface area (Å²) in [4.78, 5) is 22.2. The van der Waals surface area contributed by atoms with E-state index in [1.807, 2.05) is 6.07 Å². The summed E-state index contributed by atoms with van der Waals surface area (Å²) in [7, 11) is 0. The summed E-state index contributed by atoms with van der Waals surface area (Å²) in [5.74, 6) is -0.562. The molecule has 1 amide bonds. The molecule has 0 heterocycles. The number of anilines is 1. The van der Waals surface area contributed by atoms with Gasteiger partial charge in [0.15, 0.2) is 0 Å². The standard InChI is InChI=1S/C14H8ClN3O3/c15-13-11(2-1-3-12(13)18(20)21)14(19)17-10-6-4-9(8-16)5-7-10/h1-7H,(H,17,19). The molecule has 2 rings (SSSR count). The van der Waals surface area contributed by atoms with E-state index in [0.717, 1.165) is 0 Å². The van der Waals surface area contributed by atoms with E-state index in [1.165, 1.54) is 18.2 Å². The number of nitriles is 1. The van der Waals surface area contributed by atoms with Gasteiger partial charge in [-0.15, -0.1) is 0 Å². The maximum absolute atomic E-state index is 12.1. The van der Waals surface area contributed by atoms with Crippen molar-refractivity contribution < 1.29 is 9.72 Å². The predicted molar refractivity (Wildman–Crippen MR) is 77.2 cm³/mol. The maximum atomic E-state index is 12.1. The van der Waals surface area contributed by atoms with Crippen LogP contribution in [-0.2, 0) is 0 Å². The normalized spacial score (nSPS) is 9.71. The Kier molecular flexibility index (Phi) is 4.16. The van der Waals surface area contributed by atoms with Crippen LogP contribution in [0.2, 0.25) is 5.02 Å². The number of carbonyl (C=O) groups excluding carboxylic acids is 1. The molecule has 0 aliphatic heterocycles. The van der Waals surface area contributed by atoms with Crippen molar-refractivity contribution in [1.29, 1.82) is 5.26 Å². The maximum Gasteiger partial charge on any atom is 0.288 e. The summed E-state index contributed by atoms with van der Waals surface area (Å²) >= 11 is 5.87. The summed E-state index contributed by atoms with van der Waals surface area (Å²) in [5, 5.41) is 21.8. The van der Waals surface area contributed by atoms with Gasteiger partial charge in [0.1, 0.15) is 5.02 Å². The second kappa shape index (κ2) is 6.03. The number of halogens is 1. The lowest BCUT2D eigenvalue weighted by molar-refractivity contribution is -0.384. The minimum atomic E-state index is -0.652. The SMILES string of the molecule is N#Cc1ccc(NC(=O)c2cccc([N+](=O)[O-])c2Cl)cc1. The van der Waals surface area contributed by atoms with Crippen molar-refractivity contribution in [2.75, 3.05) is 5.32 Å². The molecule has 0 unspecified atom stereocenters. The lowest BCUT2D eigenvalue weighted by Crippen LogP contribution is -2.13. The summed E-state index contributed by atoms with van der Waals surface area (Å²) in [6.45, 7) is 0. The molecule has 2 aromatic carbocycles. The van der Waals surface area contributed by atoms with Crippen LogP contribution in [0.5, 0.6) is 0 Å². The zero-order valence-electron chi connectivity index (χ0n) is 10.5. The number of amides is 1. The van der Waals surface area contributed by atoms with E-state index in [-0.39, 0.29) is 16.3 Å². The van der Waals surface area contributed by atoms with Crippen LogP contribution >= 0.6 is 11.6 Å². The van der Waals surface area contributed by atoms with Gasteiger partial charge in [-0.1, -0.05) is 17.7 Å². The van der Waals surface area contributed by atoms with Crippen LogP contribution in [0.15, 0.2) is 42.5 Å². The zero-order valence-corrected chi connectivity index (χ0v) is 11.3. The fraction of sp³-hybridized carbons (Fsp3) is 0. The summed E-state index contributed by atoms with van der Waals surface area (Å²) < 4.78 is 0. The van der Waals surface area contributed by atoms with E-state index in [2.05, 4.69) is 5.32 Å². The molecule has 2 aromatic rings. The predicted octanol–water partition coefficient (Wildman–Crippen LogP) is 3.37. The van der Waals surface area contributed by atoms with Crippen molar-refractivity contribution in [2.24, 2.45) is 0 Å². The van der Waals surface area contributed by atoms with Crippen molar-refractivity contribution in [3.05, 3.63) is 68.7 Å². The fourth-order valence-electron chi connectivity index (χ4n) is 1.66. The minimum Gasteiger partial charge on any atom is -0.322 e. The molecule has 104 valence electrons. The Hall–Kier alpha value is -2.91. The first-order valence-corrected chi connectivity index (χ1v) is 6.15. The molecular weight excluding hydrogens is 294 g/mol. The number of carbonyl (C=O) groups is 1. The highest BCUT2D eigenvalue weighted by Crippen LogP contribution is 2.28. The molecule has 21 heavy (non-hydrogen) atoms. The van der Waals surface area contributed by atoms with Crippen LogP contribution in [0.1, 0.15) is 15.9 Å². The molecule has 0 aliphatic carbocycles. The monoisotopic (exact) mass is 301 g/mol. The van der Waals surface area contributed by atoms with Gasteiger partial charge in [0.05, 0.1) is 22.1 Å². The van der Waals surface area contributed by atoms with Crippen LogP contribution in [-0.4, -0.2) is 10.8 Å². The molecule has 0 fully saturated rings. The largest absolute Gasteiger partial charge is 0.322 e. The van der Waals surface area contributed by atoms with Gasteiger partial charge in [-0.3, -0.25) is 14.9 Å². The summed E-state index contributed by atoms with van der Waals surface area (Å²) in [5.41, 5.74) is 0.599. The Morgan fingerprint density at radius 1 is 1.24 bits per heavy atom. The molecule has 0 spiro atoms. The Balaban J connectivity index is 2.26. The number of nitrogens with zero attached hydrogens (tertiary/aromatic N) is 2. The van der Waals surface area contributed by atoms with Gasteiger partial charge in [-0.25, -0.2) is 0 Å². The van der Waals surface area contributed by atoms with Crippen molar-refractivity contribution in [1.82, 2.24) is 0 Å². The average molecular weight is 302 g/mol. The molecule has 6 nitrogen and oxygen atoms in total. The number of rotatable bonds is 3. The molecule has 0 atom stereocenters. The number of nitro groups is 1. The summed E-state index contributed by atoms with van der Waals surface area (Å²) in [6.07, 6.45) is 0. The van der Waals surface area contributed by atoms with Gasteiger partial charge in [-0.05, 0) is 30.3 Å². The van der Waals surface area contributed by atoms with Crippen LogP contribution in [0.4, 0.5) is 11.4 Å². The van der Waals surface area contributed by atoms with Crippen molar-refractivity contribution in [3.8, 4) is 6.07 Å². The van der Waals surface area contributed by atoms with E-state index >= 15 is 0 Å². The Morgan fingerprint density at radius 2 is 1.90 bits per heavy atom. The van der Waals surface area contributed by atoms with Gasteiger partial charge < -0.3 is 5.32 Å². The van der Waals surface area contributed by atoms with Crippen LogP contribution in [0, 0.1) is 21.4 Å². The van der Waals surface area contributed by atoms with E-state index in [1.54, 1.807) is 24.3 Å². The first-order valence-electron chi connectivity index (χ1n) is 5.77. The molecule has 0 aromatic heterocycles. The third-order valence-electron chi connectivity index (χ3n) is 2.69. The second-order valence-corrected chi connectivity index (χ2v) is 4.42. The summed E-state index contributed by atoms with van der Waals surface area (Å²) in [6, 6.07) is 12.2. The third kappa shape index (κ3) is 3.16. The minimum absolute atomic E-state index is 0.00947. The van der Waals surface area contributed by atoms with Crippen LogP contribution in [0.3, 0.4) is 0 Å². The number of hydrogen-bond acceptors (Lipinski definition) is 4. The first-order chi connectivity index (χ1) is 10.0.